The first-order valence-corrected chi connectivity index (χ1v) is 11.9. The van der Waals surface area contributed by atoms with Crippen LogP contribution in [0.3, 0.4) is 0 Å². The molecule has 5 nitrogen and oxygen atoms in total. The van der Waals surface area contributed by atoms with E-state index in [-0.39, 0.29) is 5.91 Å². The number of nitrogens with zero attached hydrogens (tertiary/aromatic N) is 3. The van der Waals surface area contributed by atoms with Gasteiger partial charge >= 0.3 is 0 Å². The number of pyridine rings is 1. The number of carbonyl (C=O) groups is 1. The van der Waals surface area contributed by atoms with Gasteiger partial charge in [-0.2, -0.15) is 0 Å². The second-order valence-electron chi connectivity index (χ2n) is 8.59. The van der Waals surface area contributed by atoms with E-state index in [1.807, 2.05) is 72.5 Å². The fourth-order valence-electron chi connectivity index (χ4n) is 4.53. The minimum atomic E-state index is 0.0696. The highest BCUT2D eigenvalue weighted by Crippen LogP contribution is 2.28. The summed E-state index contributed by atoms with van der Waals surface area (Å²) in [6, 6.07) is 28.2. The van der Waals surface area contributed by atoms with Crippen LogP contribution in [0.4, 0.5) is 0 Å². The quantitative estimate of drug-likeness (QED) is 0.401. The van der Waals surface area contributed by atoms with Crippen LogP contribution in [-0.4, -0.2) is 53.5 Å². The maximum absolute atomic E-state index is 13.7. The van der Waals surface area contributed by atoms with Gasteiger partial charge in [0.15, 0.2) is 0 Å². The molecule has 5 heteroatoms. The van der Waals surface area contributed by atoms with E-state index in [0.717, 1.165) is 60.6 Å². The Bertz CT molecular complexity index is 1280. The number of aromatic nitrogens is 1. The molecular formula is C29H29N3O2. The van der Waals surface area contributed by atoms with Crippen molar-refractivity contribution >= 4 is 16.8 Å². The van der Waals surface area contributed by atoms with Crippen molar-refractivity contribution < 1.29 is 9.53 Å². The highest BCUT2D eigenvalue weighted by atomic mass is 16.5. The molecule has 0 bridgehead atoms. The zero-order chi connectivity index (χ0) is 23.3. The first kappa shape index (κ1) is 22.1. The molecule has 0 spiro atoms. The predicted molar refractivity (Wildman–Crippen MR) is 136 cm³/mol. The lowest BCUT2D eigenvalue weighted by atomic mass is 10.0. The molecule has 1 saturated heterocycles. The molecule has 172 valence electrons. The van der Waals surface area contributed by atoms with Gasteiger partial charge in [-0.15, -0.1) is 0 Å². The first-order valence-electron chi connectivity index (χ1n) is 11.9. The third kappa shape index (κ3) is 4.80. The first-order chi connectivity index (χ1) is 16.7. The van der Waals surface area contributed by atoms with Crippen molar-refractivity contribution in [1.29, 1.82) is 0 Å². The Balaban J connectivity index is 1.39. The van der Waals surface area contributed by atoms with Crippen LogP contribution in [-0.2, 0) is 6.54 Å². The minimum absolute atomic E-state index is 0.0696. The smallest absolute Gasteiger partial charge is 0.254 e. The Hall–Kier alpha value is -3.70. The molecule has 34 heavy (non-hydrogen) atoms. The SMILES string of the molecule is CCOc1cccc(-c2cc(C(=O)N3CCN(Cc4ccccc4)CC3)c3ccccc3n2)c1. The number of ether oxygens (including phenoxy) is 1. The summed E-state index contributed by atoms with van der Waals surface area (Å²) in [6.07, 6.45) is 0. The molecule has 0 radical (unpaired) electrons. The largest absolute Gasteiger partial charge is 0.494 e. The van der Waals surface area contributed by atoms with Crippen LogP contribution in [0.2, 0.25) is 0 Å². The Morgan fingerprint density at radius 3 is 2.44 bits per heavy atom. The molecule has 0 unspecified atom stereocenters. The van der Waals surface area contributed by atoms with Gasteiger partial charge in [-0.3, -0.25) is 9.69 Å². The maximum atomic E-state index is 13.7. The van der Waals surface area contributed by atoms with Gasteiger partial charge in [0.25, 0.3) is 5.91 Å². The van der Waals surface area contributed by atoms with E-state index in [2.05, 4.69) is 29.2 Å². The molecule has 0 aliphatic carbocycles. The summed E-state index contributed by atoms with van der Waals surface area (Å²) in [5, 5.41) is 0.893. The monoisotopic (exact) mass is 451 g/mol. The summed E-state index contributed by atoms with van der Waals surface area (Å²) >= 11 is 0. The average molecular weight is 452 g/mol. The van der Waals surface area contributed by atoms with E-state index in [1.165, 1.54) is 5.56 Å². The molecular weight excluding hydrogens is 422 g/mol. The molecule has 0 saturated carbocycles. The summed E-state index contributed by atoms with van der Waals surface area (Å²) in [7, 11) is 0. The maximum Gasteiger partial charge on any atom is 0.254 e. The molecule has 1 aliphatic rings. The van der Waals surface area contributed by atoms with Gasteiger partial charge in [-0.05, 0) is 36.8 Å². The fourth-order valence-corrected chi connectivity index (χ4v) is 4.53. The standard InChI is InChI=1S/C29H29N3O2/c1-2-34-24-12-8-11-23(19-24)28-20-26(25-13-6-7-14-27(25)30-28)29(33)32-17-15-31(16-18-32)21-22-9-4-3-5-10-22/h3-14,19-20H,2,15-18,21H2,1H3. The Morgan fingerprint density at radius 2 is 1.65 bits per heavy atom. The lowest BCUT2D eigenvalue weighted by Crippen LogP contribution is -2.48. The number of carbonyl (C=O) groups excluding carboxylic acids is 1. The molecule has 1 aliphatic heterocycles. The van der Waals surface area contributed by atoms with Crippen molar-refractivity contribution in [2.24, 2.45) is 0 Å². The molecule has 5 rings (SSSR count). The summed E-state index contributed by atoms with van der Waals surface area (Å²) in [4.78, 5) is 22.9. The number of benzene rings is 3. The van der Waals surface area contributed by atoms with Crippen LogP contribution in [0.5, 0.6) is 5.75 Å². The van der Waals surface area contributed by atoms with Gasteiger partial charge < -0.3 is 9.64 Å². The molecule has 1 amide bonds. The van der Waals surface area contributed by atoms with Gasteiger partial charge in [-0.1, -0.05) is 60.7 Å². The summed E-state index contributed by atoms with van der Waals surface area (Å²) in [5.74, 6) is 0.873. The zero-order valence-corrected chi connectivity index (χ0v) is 19.5. The summed E-state index contributed by atoms with van der Waals surface area (Å²) < 4.78 is 5.67. The van der Waals surface area contributed by atoms with Crippen LogP contribution in [0.25, 0.3) is 22.2 Å². The van der Waals surface area contributed by atoms with Gasteiger partial charge in [0.2, 0.25) is 0 Å². The van der Waals surface area contributed by atoms with Crippen molar-refractivity contribution in [3.8, 4) is 17.0 Å². The van der Waals surface area contributed by atoms with E-state index in [0.29, 0.717) is 12.2 Å². The van der Waals surface area contributed by atoms with E-state index < -0.39 is 0 Å². The number of amides is 1. The Labute approximate surface area is 200 Å². The van der Waals surface area contributed by atoms with Crippen LogP contribution in [0, 0.1) is 0 Å². The Morgan fingerprint density at radius 1 is 0.882 bits per heavy atom. The van der Waals surface area contributed by atoms with Crippen LogP contribution >= 0.6 is 0 Å². The Kier molecular flexibility index (Phi) is 6.54. The number of para-hydroxylation sites is 1. The van der Waals surface area contributed by atoms with Gasteiger partial charge in [0.05, 0.1) is 23.4 Å². The minimum Gasteiger partial charge on any atom is -0.494 e. The van der Waals surface area contributed by atoms with Gasteiger partial charge in [-0.25, -0.2) is 4.98 Å². The van der Waals surface area contributed by atoms with Gasteiger partial charge in [0.1, 0.15) is 5.75 Å². The van der Waals surface area contributed by atoms with Crippen molar-refractivity contribution in [3.63, 3.8) is 0 Å². The van der Waals surface area contributed by atoms with E-state index >= 15 is 0 Å². The summed E-state index contributed by atoms with van der Waals surface area (Å²) in [5.41, 5.74) is 4.57. The second kappa shape index (κ2) is 10.1. The highest BCUT2D eigenvalue weighted by molar-refractivity contribution is 6.07. The predicted octanol–water partition coefficient (Wildman–Crippen LogP) is 5.26. The lowest BCUT2D eigenvalue weighted by Gasteiger charge is -2.35. The molecule has 3 aromatic carbocycles. The van der Waals surface area contributed by atoms with Crippen molar-refractivity contribution in [2.45, 2.75) is 13.5 Å². The van der Waals surface area contributed by atoms with Crippen molar-refractivity contribution in [2.75, 3.05) is 32.8 Å². The van der Waals surface area contributed by atoms with E-state index in [4.69, 9.17) is 9.72 Å². The zero-order valence-electron chi connectivity index (χ0n) is 19.5. The molecule has 4 aromatic rings. The van der Waals surface area contributed by atoms with Crippen LogP contribution < -0.4 is 4.74 Å². The molecule has 2 heterocycles. The second-order valence-corrected chi connectivity index (χ2v) is 8.59. The fraction of sp³-hybridized carbons (Fsp3) is 0.241. The number of rotatable bonds is 6. The van der Waals surface area contributed by atoms with E-state index in [9.17, 15) is 4.79 Å². The highest BCUT2D eigenvalue weighted by Gasteiger charge is 2.24. The van der Waals surface area contributed by atoms with Gasteiger partial charge in [0, 0.05) is 43.7 Å². The average Bonchev–Trinajstić information content (AvgIpc) is 2.89. The normalized spacial score (nSPS) is 14.3. The number of hydrogen-bond donors (Lipinski definition) is 0. The van der Waals surface area contributed by atoms with Crippen LogP contribution in [0.1, 0.15) is 22.8 Å². The van der Waals surface area contributed by atoms with E-state index in [1.54, 1.807) is 0 Å². The third-order valence-electron chi connectivity index (χ3n) is 6.30. The lowest BCUT2D eigenvalue weighted by molar-refractivity contribution is 0.0630. The molecule has 0 N–H and O–H groups in total. The number of hydrogen-bond acceptors (Lipinski definition) is 4. The van der Waals surface area contributed by atoms with Crippen molar-refractivity contribution in [3.05, 3.63) is 96.1 Å². The molecule has 1 fully saturated rings. The topological polar surface area (TPSA) is 45.7 Å². The molecule has 1 aromatic heterocycles. The summed E-state index contributed by atoms with van der Waals surface area (Å²) in [6.45, 7) is 6.67. The number of fused-ring (bicyclic) bond motifs is 1. The number of piperazine rings is 1. The van der Waals surface area contributed by atoms with Crippen molar-refractivity contribution in [1.82, 2.24) is 14.8 Å². The third-order valence-corrected chi connectivity index (χ3v) is 6.30. The molecule has 0 atom stereocenters. The van der Waals surface area contributed by atoms with Crippen LogP contribution in [0.15, 0.2) is 84.9 Å².